The lowest BCUT2D eigenvalue weighted by Gasteiger charge is -2.08. The molecule has 0 aliphatic heterocycles. The summed E-state index contributed by atoms with van der Waals surface area (Å²) in [6.45, 7) is 0. The van der Waals surface area contributed by atoms with E-state index in [9.17, 15) is 0 Å². The van der Waals surface area contributed by atoms with Crippen LogP contribution in [0.1, 0.15) is 5.56 Å². The molecule has 0 saturated heterocycles. The number of hydrogen-bond acceptors (Lipinski definition) is 5. The summed E-state index contributed by atoms with van der Waals surface area (Å²) in [4.78, 5) is 0. The molecule has 1 heterocycles. The second kappa shape index (κ2) is 5.09. The van der Waals surface area contributed by atoms with Crippen molar-refractivity contribution in [1.82, 2.24) is 14.8 Å². The monoisotopic (exact) mass is 250 g/mol. The number of anilines is 1. The van der Waals surface area contributed by atoms with Crippen LogP contribution in [0.3, 0.4) is 0 Å². The minimum absolute atomic E-state index is 0.736. The molecule has 0 bridgehead atoms. The lowest BCUT2D eigenvalue weighted by Crippen LogP contribution is -1.95. The Morgan fingerprint density at radius 2 is 2.29 bits per heavy atom. The Morgan fingerprint density at radius 1 is 1.47 bits per heavy atom. The van der Waals surface area contributed by atoms with Gasteiger partial charge < -0.3 is 15.0 Å². The summed E-state index contributed by atoms with van der Waals surface area (Å²) in [5, 5.41) is 8.71. The molecule has 0 unspecified atom stereocenters. The molecule has 0 fully saturated rings. The Bertz CT molecular complexity index is 512. The van der Waals surface area contributed by atoms with Gasteiger partial charge in [0, 0.05) is 24.1 Å². The minimum atomic E-state index is 0.736. The maximum Gasteiger partial charge on any atom is 0.191 e. The summed E-state index contributed by atoms with van der Waals surface area (Å²) >= 11 is 1.60. The second-order valence-corrected chi connectivity index (χ2v) is 4.53. The van der Waals surface area contributed by atoms with E-state index in [4.69, 9.17) is 10.5 Å². The second-order valence-electron chi connectivity index (χ2n) is 3.58. The first kappa shape index (κ1) is 11.8. The number of nitrogens with zero attached hydrogens (tertiary/aromatic N) is 3. The van der Waals surface area contributed by atoms with Crippen LogP contribution in [0.4, 0.5) is 5.69 Å². The zero-order chi connectivity index (χ0) is 12.3. The summed E-state index contributed by atoms with van der Waals surface area (Å²) < 4.78 is 7.17. The van der Waals surface area contributed by atoms with Crippen LogP contribution < -0.4 is 10.5 Å². The number of benzene rings is 1. The van der Waals surface area contributed by atoms with Crippen LogP contribution in [-0.2, 0) is 12.8 Å². The van der Waals surface area contributed by atoms with Crippen molar-refractivity contribution >= 4 is 17.4 Å². The van der Waals surface area contributed by atoms with Gasteiger partial charge in [-0.25, -0.2) is 0 Å². The molecule has 0 saturated carbocycles. The number of rotatable bonds is 4. The highest BCUT2D eigenvalue weighted by atomic mass is 32.2. The predicted molar refractivity (Wildman–Crippen MR) is 68.0 cm³/mol. The van der Waals surface area contributed by atoms with E-state index in [1.54, 1.807) is 25.2 Å². The highest BCUT2D eigenvalue weighted by molar-refractivity contribution is 7.98. The summed E-state index contributed by atoms with van der Waals surface area (Å²) in [5.74, 6) is 1.59. The first-order chi connectivity index (χ1) is 8.20. The van der Waals surface area contributed by atoms with Crippen LogP contribution in [0, 0.1) is 0 Å². The van der Waals surface area contributed by atoms with Gasteiger partial charge >= 0.3 is 0 Å². The molecule has 0 aliphatic carbocycles. The fraction of sp³-hybridized carbons (Fsp3) is 0.273. The Morgan fingerprint density at radius 3 is 2.94 bits per heavy atom. The molecule has 90 valence electrons. The van der Waals surface area contributed by atoms with E-state index in [0.29, 0.717) is 0 Å². The van der Waals surface area contributed by atoms with Crippen molar-refractivity contribution in [2.75, 3.05) is 12.8 Å². The Kier molecular flexibility index (Phi) is 3.53. The molecular weight excluding hydrogens is 236 g/mol. The Labute approximate surface area is 104 Å². The van der Waals surface area contributed by atoms with E-state index in [1.807, 2.05) is 29.8 Å². The Hall–Kier alpha value is -1.69. The average molecular weight is 250 g/mol. The summed E-state index contributed by atoms with van der Waals surface area (Å²) in [6, 6.07) is 5.62. The van der Waals surface area contributed by atoms with Crippen LogP contribution in [0.15, 0.2) is 29.7 Å². The molecule has 2 aromatic rings. The fourth-order valence-electron chi connectivity index (χ4n) is 1.46. The van der Waals surface area contributed by atoms with Gasteiger partial charge in [-0.2, -0.15) is 0 Å². The number of methoxy groups -OCH3 is 1. The molecule has 2 rings (SSSR count). The first-order valence-electron chi connectivity index (χ1n) is 5.10. The number of aromatic nitrogens is 3. The third kappa shape index (κ3) is 2.71. The highest BCUT2D eigenvalue weighted by Crippen LogP contribution is 2.28. The van der Waals surface area contributed by atoms with Crippen molar-refractivity contribution < 1.29 is 4.74 Å². The van der Waals surface area contributed by atoms with E-state index in [1.165, 1.54) is 0 Å². The van der Waals surface area contributed by atoms with Gasteiger partial charge in [-0.3, -0.25) is 0 Å². The van der Waals surface area contributed by atoms with Crippen LogP contribution in [0.25, 0.3) is 0 Å². The van der Waals surface area contributed by atoms with E-state index < -0.39 is 0 Å². The molecule has 0 spiro atoms. The van der Waals surface area contributed by atoms with Gasteiger partial charge in [-0.1, -0.05) is 11.8 Å². The lowest BCUT2D eigenvalue weighted by atomic mass is 10.2. The van der Waals surface area contributed by atoms with Gasteiger partial charge in [0.05, 0.1) is 7.11 Å². The average Bonchev–Trinajstić information content (AvgIpc) is 2.72. The SMILES string of the molecule is COc1ccc(N)cc1CSc1nncn1C. The molecule has 6 heteroatoms. The summed E-state index contributed by atoms with van der Waals surface area (Å²) in [6.07, 6.45) is 1.68. The molecule has 0 amide bonds. The maximum atomic E-state index is 5.76. The van der Waals surface area contributed by atoms with Crippen molar-refractivity contribution in [3.63, 3.8) is 0 Å². The minimum Gasteiger partial charge on any atom is -0.496 e. The zero-order valence-corrected chi connectivity index (χ0v) is 10.6. The van der Waals surface area contributed by atoms with Crippen molar-refractivity contribution in [3.8, 4) is 5.75 Å². The van der Waals surface area contributed by atoms with Crippen LogP contribution in [-0.4, -0.2) is 21.9 Å². The standard InChI is InChI=1S/C11H14N4OS/c1-15-7-13-14-11(15)17-6-8-5-9(12)3-4-10(8)16-2/h3-5,7H,6,12H2,1-2H3. The summed E-state index contributed by atoms with van der Waals surface area (Å²) in [7, 11) is 3.57. The first-order valence-corrected chi connectivity index (χ1v) is 6.08. The van der Waals surface area contributed by atoms with Gasteiger partial charge in [0.1, 0.15) is 12.1 Å². The highest BCUT2D eigenvalue weighted by Gasteiger charge is 2.07. The van der Waals surface area contributed by atoms with Crippen molar-refractivity contribution in [2.45, 2.75) is 10.9 Å². The summed E-state index contributed by atoms with van der Waals surface area (Å²) in [5.41, 5.74) is 7.55. The number of hydrogen-bond donors (Lipinski definition) is 1. The maximum absolute atomic E-state index is 5.76. The molecule has 0 atom stereocenters. The van der Waals surface area contributed by atoms with Gasteiger partial charge in [0.2, 0.25) is 0 Å². The van der Waals surface area contributed by atoms with Crippen LogP contribution >= 0.6 is 11.8 Å². The molecular formula is C11H14N4OS. The Balaban J connectivity index is 2.13. The van der Waals surface area contributed by atoms with Gasteiger partial charge in [0.15, 0.2) is 5.16 Å². The van der Waals surface area contributed by atoms with Gasteiger partial charge in [0.25, 0.3) is 0 Å². The third-order valence-corrected chi connectivity index (χ3v) is 3.41. The number of ether oxygens (including phenoxy) is 1. The van der Waals surface area contributed by atoms with Crippen molar-refractivity contribution in [2.24, 2.45) is 7.05 Å². The zero-order valence-electron chi connectivity index (χ0n) is 9.75. The van der Waals surface area contributed by atoms with Crippen molar-refractivity contribution in [1.29, 1.82) is 0 Å². The van der Waals surface area contributed by atoms with E-state index in [2.05, 4.69) is 10.2 Å². The molecule has 1 aromatic heterocycles. The van der Waals surface area contributed by atoms with E-state index >= 15 is 0 Å². The topological polar surface area (TPSA) is 66.0 Å². The largest absolute Gasteiger partial charge is 0.496 e. The number of aryl methyl sites for hydroxylation is 1. The quantitative estimate of drug-likeness (QED) is 0.661. The lowest BCUT2D eigenvalue weighted by molar-refractivity contribution is 0.411. The molecule has 5 nitrogen and oxygen atoms in total. The van der Waals surface area contributed by atoms with Gasteiger partial charge in [-0.15, -0.1) is 10.2 Å². The molecule has 1 aromatic carbocycles. The van der Waals surface area contributed by atoms with Crippen LogP contribution in [0.5, 0.6) is 5.75 Å². The van der Waals surface area contributed by atoms with Gasteiger partial charge in [-0.05, 0) is 18.2 Å². The van der Waals surface area contributed by atoms with E-state index in [-0.39, 0.29) is 0 Å². The smallest absolute Gasteiger partial charge is 0.191 e. The van der Waals surface area contributed by atoms with E-state index in [0.717, 1.165) is 27.9 Å². The molecule has 0 aliphatic rings. The number of nitrogen functional groups attached to an aromatic ring is 1. The number of nitrogens with two attached hydrogens (primary N) is 1. The molecule has 17 heavy (non-hydrogen) atoms. The fourth-order valence-corrected chi connectivity index (χ4v) is 2.32. The van der Waals surface area contributed by atoms with Crippen LogP contribution in [0.2, 0.25) is 0 Å². The van der Waals surface area contributed by atoms with Crippen molar-refractivity contribution in [3.05, 3.63) is 30.1 Å². The third-order valence-electron chi connectivity index (χ3n) is 2.33. The predicted octanol–water partition coefficient (Wildman–Crippen LogP) is 1.70. The normalized spacial score (nSPS) is 10.5. The molecule has 0 radical (unpaired) electrons. The molecule has 2 N–H and O–H groups in total. The number of thioether (sulfide) groups is 1.